The molecule has 0 amide bonds. The third-order valence-electron chi connectivity index (χ3n) is 6.21. The fraction of sp³-hybridized carbons (Fsp3) is 0.417. The fourth-order valence-corrected chi connectivity index (χ4v) is 4.49. The Kier molecular flexibility index (Phi) is 5.37. The first-order valence-electron chi connectivity index (χ1n) is 10.7. The van der Waals surface area contributed by atoms with Gasteiger partial charge in [0, 0.05) is 25.6 Å². The number of fused-ring (bicyclic) bond motifs is 2. The minimum atomic E-state index is -0.623. The van der Waals surface area contributed by atoms with Gasteiger partial charge in [-0.1, -0.05) is 30.3 Å². The molecule has 1 aromatic heterocycles. The van der Waals surface area contributed by atoms with Gasteiger partial charge in [0.2, 0.25) is 0 Å². The van der Waals surface area contributed by atoms with Crippen LogP contribution in [0.5, 0.6) is 0 Å². The number of β-amino-alcohol motifs (C(OH)–C–C–N with tert-alkyl or cyclic N) is 1. The quantitative estimate of drug-likeness (QED) is 0.680. The molecule has 0 bridgehead atoms. The van der Waals surface area contributed by atoms with Crippen LogP contribution in [0, 0.1) is 5.92 Å². The second kappa shape index (κ2) is 8.30. The number of nitrogens with zero attached hydrogens (tertiary/aromatic N) is 3. The first-order chi connectivity index (χ1) is 14.7. The van der Waals surface area contributed by atoms with Crippen molar-refractivity contribution in [2.75, 3.05) is 26.3 Å². The zero-order valence-electron chi connectivity index (χ0n) is 17.0. The molecule has 1 atom stereocenters. The summed E-state index contributed by atoms with van der Waals surface area (Å²) in [5.74, 6) is 0.540. The molecule has 5 rings (SSSR count). The number of ether oxygens (including phenoxy) is 1. The van der Waals surface area contributed by atoms with Crippen molar-refractivity contribution >= 4 is 10.9 Å². The summed E-state index contributed by atoms with van der Waals surface area (Å²) < 4.78 is 6.80. The first-order valence-corrected chi connectivity index (χ1v) is 10.7. The minimum absolute atomic E-state index is 0.0882. The van der Waals surface area contributed by atoms with E-state index in [1.165, 1.54) is 11.1 Å². The third-order valence-corrected chi connectivity index (χ3v) is 6.21. The Balaban J connectivity index is 1.28. The van der Waals surface area contributed by atoms with Crippen molar-refractivity contribution < 1.29 is 9.84 Å². The Morgan fingerprint density at radius 1 is 1.13 bits per heavy atom. The van der Waals surface area contributed by atoms with Gasteiger partial charge in [0.15, 0.2) is 0 Å². The lowest BCUT2D eigenvalue weighted by Gasteiger charge is -2.30. The Bertz CT molecular complexity index is 1110. The molecule has 0 radical (unpaired) electrons. The molecule has 1 fully saturated rings. The summed E-state index contributed by atoms with van der Waals surface area (Å²) in [6.07, 6.45) is 2.85. The molecule has 6 heteroatoms. The normalized spacial score (nSPS) is 18.2. The topological polar surface area (TPSA) is 67.6 Å². The zero-order chi connectivity index (χ0) is 20.5. The van der Waals surface area contributed by atoms with Gasteiger partial charge in [-0.15, -0.1) is 0 Å². The van der Waals surface area contributed by atoms with Crippen LogP contribution in [-0.4, -0.2) is 52.0 Å². The van der Waals surface area contributed by atoms with Gasteiger partial charge in [-0.25, -0.2) is 4.98 Å². The molecule has 1 unspecified atom stereocenters. The van der Waals surface area contributed by atoms with Gasteiger partial charge in [-0.3, -0.25) is 14.3 Å². The van der Waals surface area contributed by atoms with Crippen molar-refractivity contribution in [3.63, 3.8) is 0 Å². The molecule has 2 aliphatic heterocycles. The molecule has 156 valence electrons. The average Bonchev–Trinajstić information content (AvgIpc) is 2.73. The van der Waals surface area contributed by atoms with Crippen LogP contribution in [0.15, 0.2) is 53.6 Å². The molecule has 6 nitrogen and oxygen atoms in total. The highest BCUT2D eigenvalue weighted by molar-refractivity contribution is 5.78. The van der Waals surface area contributed by atoms with Gasteiger partial charge in [-0.2, -0.15) is 0 Å². The van der Waals surface area contributed by atoms with Crippen molar-refractivity contribution in [1.29, 1.82) is 0 Å². The highest BCUT2D eigenvalue weighted by atomic mass is 16.5. The second-order valence-electron chi connectivity index (χ2n) is 8.57. The minimum Gasteiger partial charge on any atom is -0.390 e. The van der Waals surface area contributed by atoms with Crippen LogP contribution in [0.2, 0.25) is 0 Å². The largest absolute Gasteiger partial charge is 0.390 e. The summed E-state index contributed by atoms with van der Waals surface area (Å²) in [7, 11) is 0. The molecule has 1 N–H and O–H groups in total. The number of hydrogen-bond acceptors (Lipinski definition) is 5. The predicted octanol–water partition coefficient (Wildman–Crippen LogP) is 2.00. The Morgan fingerprint density at radius 3 is 2.77 bits per heavy atom. The lowest BCUT2D eigenvalue weighted by Crippen LogP contribution is -2.39. The number of aromatic nitrogens is 2. The van der Waals surface area contributed by atoms with Crippen LogP contribution < -0.4 is 5.56 Å². The number of aliphatic hydroxyl groups excluding tert-OH is 1. The maximum atomic E-state index is 13.0. The fourth-order valence-electron chi connectivity index (χ4n) is 4.49. The lowest BCUT2D eigenvalue weighted by atomic mass is 9.97. The van der Waals surface area contributed by atoms with E-state index < -0.39 is 6.10 Å². The van der Waals surface area contributed by atoms with E-state index in [-0.39, 0.29) is 12.1 Å². The van der Waals surface area contributed by atoms with Crippen LogP contribution in [0.4, 0.5) is 0 Å². The highest BCUT2D eigenvalue weighted by Gasteiger charge is 2.20. The van der Waals surface area contributed by atoms with Crippen LogP contribution >= 0.6 is 0 Å². The van der Waals surface area contributed by atoms with Crippen LogP contribution in [0.1, 0.15) is 16.7 Å². The molecular weight excluding hydrogens is 378 g/mol. The number of hydrogen-bond donors (Lipinski definition) is 1. The van der Waals surface area contributed by atoms with Gasteiger partial charge in [0.05, 0.1) is 43.1 Å². The molecule has 3 aromatic rings. The standard InChI is InChI=1S/C24H27N3O3/c28-21(12-26-8-7-19-3-1-2-4-20(19)11-26)13-27-16-25-23-6-5-17(9-18-14-30-15-18)10-22(23)24(27)29/h1-6,10,16,18,21,28H,7-9,11-15H2. The molecule has 0 saturated carbocycles. The van der Waals surface area contributed by atoms with Gasteiger partial charge in [0.25, 0.3) is 5.56 Å². The molecule has 1 saturated heterocycles. The summed E-state index contributed by atoms with van der Waals surface area (Å²) in [5, 5.41) is 11.3. The predicted molar refractivity (Wildman–Crippen MR) is 115 cm³/mol. The molecule has 3 heterocycles. The summed E-state index contributed by atoms with van der Waals surface area (Å²) in [5.41, 5.74) is 4.47. The van der Waals surface area contributed by atoms with Gasteiger partial charge in [0.1, 0.15) is 0 Å². The van der Waals surface area contributed by atoms with E-state index >= 15 is 0 Å². The van der Waals surface area contributed by atoms with Crippen molar-refractivity contribution in [2.45, 2.75) is 32.0 Å². The smallest absolute Gasteiger partial charge is 0.261 e. The van der Waals surface area contributed by atoms with E-state index in [4.69, 9.17) is 4.74 Å². The second-order valence-corrected chi connectivity index (χ2v) is 8.57. The monoisotopic (exact) mass is 405 g/mol. The Labute approximate surface area is 175 Å². The lowest BCUT2D eigenvalue weighted by molar-refractivity contribution is -0.0312. The number of rotatable bonds is 6. The van der Waals surface area contributed by atoms with E-state index in [0.717, 1.165) is 44.7 Å². The molecular formula is C24H27N3O3. The number of benzene rings is 2. The van der Waals surface area contributed by atoms with Gasteiger partial charge < -0.3 is 9.84 Å². The summed E-state index contributed by atoms with van der Waals surface area (Å²) in [4.78, 5) is 19.7. The van der Waals surface area contributed by atoms with Crippen LogP contribution in [-0.2, 0) is 30.7 Å². The van der Waals surface area contributed by atoms with Crippen molar-refractivity contribution in [3.05, 3.63) is 75.8 Å². The third kappa shape index (κ3) is 4.03. The zero-order valence-corrected chi connectivity index (χ0v) is 17.0. The van der Waals surface area contributed by atoms with Crippen molar-refractivity contribution in [1.82, 2.24) is 14.5 Å². The van der Waals surface area contributed by atoms with Crippen molar-refractivity contribution in [2.24, 2.45) is 5.92 Å². The maximum absolute atomic E-state index is 13.0. The molecule has 0 aliphatic carbocycles. The van der Waals surface area contributed by atoms with E-state index in [0.29, 0.717) is 23.4 Å². The maximum Gasteiger partial charge on any atom is 0.261 e. The first kappa shape index (κ1) is 19.4. The van der Waals surface area contributed by atoms with E-state index in [1.807, 2.05) is 18.2 Å². The average molecular weight is 405 g/mol. The number of aliphatic hydroxyl groups is 1. The highest BCUT2D eigenvalue weighted by Crippen LogP contribution is 2.20. The SMILES string of the molecule is O=c1c2cc(CC3COC3)ccc2ncn1CC(O)CN1CCc2ccccc2C1. The van der Waals surface area contributed by atoms with E-state index in [9.17, 15) is 9.90 Å². The molecule has 30 heavy (non-hydrogen) atoms. The van der Waals surface area contributed by atoms with E-state index in [1.54, 1.807) is 10.9 Å². The molecule has 2 aromatic carbocycles. The Morgan fingerprint density at radius 2 is 1.97 bits per heavy atom. The van der Waals surface area contributed by atoms with Crippen molar-refractivity contribution in [3.8, 4) is 0 Å². The summed E-state index contributed by atoms with van der Waals surface area (Å²) >= 11 is 0. The van der Waals surface area contributed by atoms with Crippen LogP contribution in [0.25, 0.3) is 10.9 Å². The summed E-state index contributed by atoms with van der Waals surface area (Å²) in [6, 6.07) is 14.4. The molecule has 0 spiro atoms. The van der Waals surface area contributed by atoms with Gasteiger partial charge in [-0.05, 0) is 41.7 Å². The molecule has 2 aliphatic rings. The van der Waals surface area contributed by atoms with E-state index in [2.05, 4.69) is 34.1 Å². The van der Waals surface area contributed by atoms with Crippen LogP contribution in [0.3, 0.4) is 0 Å². The Hall–Kier alpha value is -2.54. The van der Waals surface area contributed by atoms with Gasteiger partial charge >= 0.3 is 0 Å². The summed E-state index contributed by atoms with van der Waals surface area (Å²) in [6.45, 7) is 4.14.